The maximum Gasteiger partial charge on any atom is 0.181 e. The molecule has 4 nitrogen and oxygen atoms in total. The third-order valence-electron chi connectivity index (χ3n) is 3.34. The minimum atomic E-state index is 0.720. The molecule has 0 spiro atoms. The molecule has 1 N–H and O–H groups in total. The number of fused-ring (bicyclic) bond motifs is 2. The predicted octanol–water partition coefficient (Wildman–Crippen LogP) is 3.06. The highest BCUT2D eigenvalue weighted by atomic mass is 32.2. The first-order chi connectivity index (χ1) is 9.40. The van der Waals surface area contributed by atoms with Crippen LogP contribution >= 0.6 is 11.8 Å². The lowest BCUT2D eigenvalue weighted by atomic mass is 10.1. The first kappa shape index (κ1) is 11.0. The number of hydrogen-bond donors (Lipinski definition) is 1. The van der Waals surface area contributed by atoms with Gasteiger partial charge in [0.05, 0.1) is 6.20 Å². The minimum absolute atomic E-state index is 0.720. The van der Waals surface area contributed by atoms with Crippen molar-refractivity contribution < 1.29 is 0 Å². The summed E-state index contributed by atoms with van der Waals surface area (Å²) >= 11 is 1.94. The summed E-state index contributed by atoms with van der Waals surface area (Å²) in [5, 5.41) is 0. The Labute approximate surface area is 114 Å². The Bertz CT molecular complexity index is 717. The summed E-state index contributed by atoms with van der Waals surface area (Å²) in [5.74, 6) is 2.10. The van der Waals surface area contributed by atoms with Gasteiger partial charge in [-0.15, -0.1) is 11.8 Å². The molecule has 0 amide bonds. The van der Waals surface area contributed by atoms with Gasteiger partial charge in [0, 0.05) is 10.5 Å². The molecule has 1 aromatic carbocycles. The average molecular weight is 268 g/mol. The SMILES string of the molecule is c1ncc2[nH]c(-c3ccc4c(c3)CCCS4)nc2n1. The summed E-state index contributed by atoms with van der Waals surface area (Å²) in [6, 6.07) is 6.57. The Kier molecular flexibility index (Phi) is 2.51. The van der Waals surface area contributed by atoms with Crippen molar-refractivity contribution in [2.75, 3.05) is 5.75 Å². The van der Waals surface area contributed by atoms with E-state index >= 15 is 0 Å². The van der Waals surface area contributed by atoms with E-state index in [1.165, 1.54) is 29.0 Å². The molecule has 3 heterocycles. The number of hydrogen-bond acceptors (Lipinski definition) is 4. The van der Waals surface area contributed by atoms with E-state index in [4.69, 9.17) is 0 Å². The van der Waals surface area contributed by atoms with E-state index in [0.29, 0.717) is 0 Å². The molecule has 2 aromatic heterocycles. The Morgan fingerprint density at radius 3 is 3.21 bits per heavy atom. The van der Waals surface area contributed by atoms with Crippen LogP contribution in [0.15, 0.2) is 35.6 Å². The maximum atomic E-state index is 4.52. The fraction of sp³-hybridized carbons (Fsp3) is 0.214. The molecule has 3 aromatic rings. The Balaban J connectivity index is 1.83. The third-order valence-corrected chi connectivity index (χ3v) is 4.55. The van der Waals surface area contributed by atoms with Gasteiger partial charge in [-0.2, -0.15) is 0 Å². The van der Waals surface area contributed by atoms with Crippen molar-refractivity contribution in [1.82, 2.24) is 19.9 Å². The molecule has 1 aliphatic rings. The lowest BCUT2D eigenvalue weighted by molar-refractivity contribution is 0.890. The highest BCUT2D eigenvalue weighted by Crippen LogP contribution is 2.32. The van der Waals surface area contributed by atoms with Crippen LogP contribution in [0.5, 0.6) is 0 Å². The van der Waals surface area contributed by atoms with Crippen molar-refractivity contribution in [2.24, 2.45) is 0 Å². The number of nitrogens with one attached hydrogen (secondary N) is 1. The molecule has 4 rings (SSSR count). The van der Waals surface area contributed by atoms with Gasteiger partial charge in [-0.05, 0) is 36.3 Å². The minimum Gasteiger partial charge on any atom is -0.335 e. The number of benzene rings is 1. The summed E-state index contributed by atoms with van der Waals surface area (Å²) in [7, 11) is 0. The molecule has 0 saturated carbocycles. The van der Waals surface area contributed by atoms with Crippen molar-refractivity contribution in [3.05, 3.63) is 36.3 Å². The number of aromatic nitrogens is 4. The number of H-pyrrole nitrogens is 1. The van der Waals surface area contributed by atoms with Crippen LogP contribution in [0.3, 0.4) is 0 Å². The van der Waals surface area contributed by atoms with Gasteiger partial charge in [-0.3, -0.25) is 0 Å². The predicted molar refractivity (Wildman–Crippen MR) is 76.2 cm³/mol. The lowest BCUT2D eigenvalue weighted by Gasteiger charge is -2.15. The van der Waals surface area contributed by atoms with Crippen LogP contribution in [0.4, 0.5) is 0 Å². The van der Waals surface area contributed by atoms with Crippen LogP contribution < -0.4 is 0 Å². The highest BCUT2D eigenvalue weighted by Gasteiger charge is 2.12. The summed E-state index contributed by atoms with van der Waals surface area (Å²) in [6.45, 7) is 0. The third kappa shape index (κ3) is 1.90. The van der Waals surface area contributed by atoms with Gasteiger partial charge >= 0.3 is 0 Å². The van der Waals surface area contributed by atoms with Crippen molar-refractivity contribution >= 4 is 22.9 Å². The molecule has 0 aliphatic carbocycles. The maximum absolute atomic E-state index is 4.52. The standard InChI is InChI=1S/C14H12N4S/c1-2-9-6-10(3-4-12(9)19-5-1)13-17-11-7-15-8-16-14(11)18-13/h3-4,6-8H,1-2,5H2,(H,15,16,17,18). The first-order valence-electron chi connectivity index (χ1n) is 6.32. The largest absolute Gasteiger partial charge is 0.335 e. The van der Waals surface area contributed by atoms with E-state index in [-0.39, 0.29) is 0 Å². The Morgan fingerprint density at radius 2 is 2.26 bits per heavy atom. The molecule has 0 atom stereocenters. The fourth-order valence-electron chi connectivity index (χ4n) is 2.41. The molecule has 0 fully saturated rings. The van der Waals surface area contributed by atoms with E-state index in [1.54, 1.807) is 6.20 Å². The summed E-state index contributed by atoms with van der Waals surface area (Å²) in [5.41, 5.74) is 4.15. The van der Waals surface area contributed by atoms with Crippen molar-refractivity contribution in [3.8, 4) is 11.4 Å². The Hall–Kier alpha value is -1.88. The normalized spacial score (nSPS) is 14.5. The molecule has 0 saturated heterocycles. The molecule has 94 valence electrons. The fourth-order valence-corrected chi connectivity index (χ4v) is 3.43. The van der Waals surface area contributed by atoms with Gasteiger partial charge in [-0.25, -0.2) is 15.0 Å². The number of aromatic amines is 1. The van der Waals surface area contributed by atoms with Crippen LogP contribution in [0, 0.1) is 0 Å². The van der Waals surface area contributed by atoms with E-state index in [1.807, 2.05) is 11.8 Å². The average Bonchev–Trinajstić information content (AvgIpc) is 2.90. The molecule has 1 aliphatic heterocycles. The van der Waals surface area contributed by atoms with E-state index < -0.39 is 0 Å². The van der Waals surface area contributed by atoms with Gasteiger partial charge in [0.2, 0.25) is 0 Å². The molecule has 0 unspecified atom stereocenters. The Morgan fingerprint density at radius 1 is 1.26 bits per heavy atom. The highest BCUT2D eigenvalue weighted by molar-refractivity contribution is 7.99. The van der Waals surface area contributed by atoms with Gasteiger partial charge in [-0.1, -0.05) is 6.07 Å². The topological polar surface area (TPSA) is 54.5 Å². The second-order valence-corrected chi connectivity index (χ2v) is 5.76. The van der Waals surface area contributed by atoms with E-state index in [2.05, 4.69) is 38.1 Å². The lowest BCUT2D eigenvalue weighted by Crippen LogP contribution is -1.98. The number of aryl methyl sites for hydroxylation is 1. The number of thioether (sulfide) groups is 1. The zero-order valence-corrected chi connectivity index (χ0v) is 11.1. The molecule has 0 radical (unpaired) electrons. The molecule has 19 heavy (non-hydrogen) atoms. The number of rotatable bonds is 1. The first-order valence-corrected chi connectivity index (χ1v) is 7.30. The summed E-state index contributed by atoms with van der Waals surface area (Å²) in [4.78, 5) is 17.4. The van der Waals surface area contributed by atoms with Gasteiger partial charge in [0.1, 0.15) is 17.7 Å². The zero-order chi connectivity index (χ0) is 12.7. The van der Waals surface area contributed by atoms with Crippen LogP contribution in [0.1, 0.15) is 12.0 Å². The number of nitrogens with zero attached hydrogens (tertiary/aromatic N) is 3. The van der Waals surface area contributed by atoms with E-state index in [0.717, 1.165) is 29.0 Å². The number of imidazole rings is 1. The van der Waals surface area contributed by atoms with Crippen LogP contribution in [0.2, 0.25) is 0 Å². The van der Waals surface area contributed by atoms with E-state index in [9.17, 15) is 0 Å². The summed E-state index contributed by atoms with van der Waals surface area (Å²) in [6.07, 6.45) is 5.70. The van der Waals surface area contributed by atoms with Crippen molar-refractivity contribution in [1.29, 1.82) is 0 Å². The quantitative estimate of drug-likeness (QED) is 0.737. The second kappa shape index (κ2) is 4.35. The monoisotopic (exact) mass is 268 g/mol. The molecule has 0 bridgehead atoms. The molecular formula is C14H12N4S. The smallest absolute Gasteiger partial charge is 0.181 e. The zero-order valence-electron chi connectivity index (χ0n) is 10.3. The second-order valence-electron chi connectivity index (χ2n) is 4.62. The summed E-state index contributed by atoms with van der Waals surface area (Å²) < 4.78 is 0. The van der Waals surface area contributed by atoms with Crippen LogP contribution in [-0.2, 0) is 6.42 Å². The van der Waals surface area contributed by atoms with Gasteiger partial charge in [0.25, 0.3) is 0 Å². The van der Waals surface area contributed by atoms with Crippen LogP contribution in [-0.4, -0.2) is 25.7 Å². The van der Waals surface area contributed by atoms with Gasteiger partial charge < -0.3 is 4.98 Å². The van der Waals surface area contributed by atoms with Crippen molar-refractivity contribution in [2.45, 2.75) is 17.7 Å². The molecule has 5 heteroatoms. The van der Waals surface area contributed by atoms with Crippen molar-refractivity contribution in [3.63, 3.8) is 0 Å². The van der Waals surface area contributed by atoms with Crippen LogP contribution in [0.25, 0.3) is 22.6 Å². The molecular weight excluding hydrogens is 256 g/mol. The van der Waals surface area contributed by atoms with Gasteiger partial charge in [0.15, 0.2) is 5.65 Å².